The van der Waals surface area contributed by atoms with Crippen LogP contribution in [0.25, 0.3) is 17.1 Å². The number of aromatic nitrogens is 3. The van der Waals surface area contributed by atoms with Crippen molar-refractivity contribution in [3.8, 4) is 5.75 Å². The molecule has 0 atom stereocenters. The van der Waals surface area contributed by atoms with Gasteiger partial charge in [0.1, 0.15) is 12.4 Å². The van der Waals surface area contributed by atoms with Gasteiger partial charge in [-0.3, -0.25) is 14.8 Å². The Balaban J connectivity index is 1.38. The van der Waals surface area contributed by atoms with E-state index in [1.165, 1.54) is 6.08 Å². The molecule has 0 aliphatic carbocycles. The van der Waals surface area contributed by atoms with Crippen molar-refractivity contribution < 1.29 is 9.53 Å². The molecule has 29 heavy (non-hydrogen) atoms. The number of fused-ring (bicyclic) bond motifs is 1. The maximum Gasteiger partial charge on any atom is 0.248 e. The number of carbonyl (C=O) groups is 1. The first-order valence-electron chi connectivity index (χ1n) is 9.09. The summed E-state index contributed by atoms with van der Waals surface area (Å²) in [5.41, 5.74) is 3.84. The molecule has 1 N–H and O–H groups in total. The Morgan fingerprint density at radius 1 is 1.00 bits per heavy atom. The average Bonchev–Trinajstić information content (AvgIpc) is 2.77. The van der Waals surface area contributed by atoms with Crippen molar-refractivity contribution in [2.45, 2.75) is 6.61 Å². The molecule has 0 saturated carbocycles. The van der Waals surface area contributed by atoms with Crippen LogP contribution in [0.15, 0.2) is 85.3 Å². The summed E-state index contributed by atoms with van der Waals surface area (Å²) in [6.45, 7) is 0.409. The minimum absolute atomic E-state index is 0.260. The van der Waals surface area contributed by atoms with E-state index < -0.39 is 0 Å². The SMILES string of the molecule is O=C(/C=C/c1cnc2ccccc2n1)Nc1cccc(OCc2cccnc2)c1. The third-order valence-electron chi connectivity index (χ3n) is 4.10. The molecule has 4 aromatic rings. The maximum atomic E-state index is 12.2. The average molecular weight is 382 g/mol. The first-order chi connectivity index (χ1) is 14.3. The monoisotopic (exact) mass is 382 g/mol. The van der Waals surface area contributed by atoms with Gasteiger partial charge in [-0.1, -0.05) is 24.3 Å². The Kier molecular flexibility index (Phi) is 5.53. The number of benzene rings is 2. The molecule has 0 saturated heterocycles. The second-order valence-corrected chi connectivity index (χ2v) is 6.28. The van der Waals surface area contributed by atoms with Gasteiger partial charge in [0.15, 0.2) is 0 Å². The van der Waals surface area contributed by atoms with Gasteiger partial charge in [-0.15, -0.1) is 0 Å². The van der Waals surface area contributed by atoms with Gasteiger partial charge in [0.05, 0.1) is 22.9 Å². The minimum atomic E-state index is -0.260. The summed E-state index contributed by atoms with van der Waals surface area (Å²) in [4.78, 5) is 25.1. The number of nitrogens with zero attached hydrogens (tertiary/aromatic N) is 3. The Morgan fingerprint density at radius 3 is 2.76 bits per heavy atom. The molecule has 2 heterocycles. The van der Waals surface area contributed by atoms with Crippen LogP contribution in [0.5, 0.6) is 5.75 Å². The van der Waals surface area contributed by atoms with E-state index >= 15 is 0 Å². The number of para-hydroxylation sites is 2. The molecule has 0 fully saturated rings. The number of amides is 1. The zero-order valence-electron chi connectivity index (χ0n) is 15.5. The lowest BCUT2D eigenvalue weighted by Gasteiger charge is -2.08. The maximum absolute atomic E-state index is 12.2. The van der Waals surface area contributed by atoms with Gasteiger partial charge in [0, 0.05) is 35.8 Å². The number of ether oxygens (including phenoxy) is 1. The zero-order valence-corrected chi connectivity index (χ0v) is 15.5. The quantitative estimate of drug-likeness (QED) is 0.504. The Hall–Kier alpha value is -4.06. The van der Waals surface area contributed by atoms with Gasteiger partial charge in [0.25, 0.3) is 0 Å². The molecular formula is C23H18N4O2. The highest BCUT2D eigenvalue weighted by Gasteiger charge is 2.02. The Labute approximate surface area is 167 Å². The van der Waals surface area contributed by atoms with Gasteiger partial charge in [0.2, 0.25) is 5.91 Å². The van der Waals surface area contributed by atoms with Crippen molar-refractivity contribution in [3.63, 3.8) is 0 Å². The number of pyridine rings is 1. The van der Waals surface area contributed by atoms with Crippen molar-refractivity contribution in [3.05, 3.63) is 96.6 Å². The van der Waals surface area contributed by atoms with Crippen LogP contribution in [0, 0.1) is 0 Å². The lowest BCUT2D eigenvalue weighted by molar-refractivity contribution is -0.111. The number of rotatable bonds is 6. The molecule has 6 heteroatoms. The van der Waals surface area contributed by atoms with Crippen molar-refractivity contribution in [1.29, 1.82) is 0 Å². The molecule has 0 aliphatic heterocycles. The van der Waals surface area contributed by atoms with Crippen molar-refractivity contribution in [2.75, 3.05) is 5.32 Å². The second-order valence-electron chi connectivity index (χ2n) is 6.28. The Morgan fingerprint density at radius 2 is 1.90 bits per heavy atom. The highest BCUT2D eigenvalue weighted by molar-refractivity contribution is 6.01. The summed E-state index contributed by atoms with van der Waals surface area (Å²) in [6, 6.07) is 18.6. The van der Waals surface area contributed by atoms with Crippen LogP contribution >= 0.6 is 0 Å². The first-order valence-corrected chi connectivity index (χ1v) is 9.09. The lowest BCUT2D eigenvalue weighted by atomic mass is 10.2. The van der Waals surface area contributed by atoms with Crippen LogP contribution in [0.1, 0.15) is 11.3 Å². The molecular weight excluding hydrogens is 364 g/mol. The molecule has 2 aromatic carbocycles. The van der Waals surface area contributed by atoms with E-state index in [0.29, 0.717) is 23.7 Å². The van der Waals surface area contributed by atoms with E-state index in [1.54, 1.807) is 36.8 Å². The molecule has 6 nitrogen and oxygen atoms in total. The fraction of sp³-hybridized carbons (Fsp3) is 0.0435. The van der Waals surface area contributed by atoms with Gasteiger partial charge in [-0.25, -0.2) is 4.98 Å². The molecule has 1 amide bonds. The fourth-order valence-corrected chi connectivity index (χ4v) is 2.71. The summed E-state index contributed by atoms with van der Waals surface area (Å²) >= 11 is 0. The largest absolute Gasteiger partial charge is 0.489 e. The van der Waals surface area contributed by atoms with E-state index in [4.69, 9.17) is 4.74 Å². The Bertz CT molecular complexity index is 1160. The summed E-state index contributed by atoms with van der Waals surface area (Å²) in [6.07, 6.45) is 8.18. The van der Waals surface area contributed by atoms with E-state index in [2.05, 4.69) is 20.3 Å². The highest BCUT2D eigenvalue weighted by Crippen LogP contribution is 2.18. The molecule has 2 aromatic heterocycles. The van der Waals surface area contributed by atoms with Crippen LogP contribution in [0.2, 0.25) is 0 Å². The number of carbonyl (C=O) groups excluding carboxylic acids is 1. The third-order valence-corrected chi connectivity index (χ3v) is 4.10. The van der Waals surface area contributed by atoms with Gasteiger partial charge in [-0.05, 0) is 36.4 Å². The van der Waals surface area contributed by atoms with Crippen molar-refractivity contribution in [2.24, 2.45) is 0 Å². The van der Waals surface area contributed by atoms with Crippen LogP contribution in [0.4, 0.5) is 5.69 Å². The molecule has 0 spiro atoms. The standard InChI is InChI=1S/C23H18N4O2/c28-23(11-10-19-15-25-21-8-1-2-9-22(21)26-19)27-18-6-3-7-20(13-18)29-16-17-5-4-12-24-14-17/h1-15H,16H2,(H,27,28)/b11-10+. The summed E-state index contributed by atoms with van der Waals surface area (Å²) in [5.74, 6) is 0.403. The summed E-state index contributed by atoms with van der Waals surface area (Å²) in [7, 11) is 0. The molecule has 0 radical (unpaired) electrons. The lowest BCUT2D eigenvalue weighted by Crippen LogP contribution is -2.08. The van der Waals surface area contributed by atoms with E-state index in [9.17, 15) is 4.79 Å². The summed E-state index contributed by atoms with van der Waals surface area (Å²) < 4.78 is 5.76. The van der Waals surface area contributed by atoms with Crippen LogP contribution in [0.3, 0.4) is 0 Å². The van der Waals surface area contributed by atoms with Gasteiger partial charge in [-0.2, -0.15) is 0 Å². The van der Waals surface area contributed by atoms with E-state index in [1.807, 2.05) is 48.5 Å². The molecule has 0 aliphatic rings. The first kappa shape index (κ1) is 18.3. The molecule has 4 rings (SSSR count). The fourth-order valence-electron chi connectivity index (χ4n) is 2.71. The zero-order chi connectivity index (χ0) is 19.9. The smallest absolute Gasteiger partial charge is 0.248 e. The van der Waals surface area contributed by atoms with Crippen LogP contribution in [-0.2, 0) is 11.4 Å². The third kappa shape index (κ3) is 5.01. The molecule has 0 unspecified atom stereocenters. The predicted molar refractivity (Wildman–Crippen MR) is 112 cm³/mol. The van der Waals surface area contributed by atoms with E-state index in [0.717, 1.165) is 16.6 Å². The number of hydrogen-bond acceptors (Lipinski definition) is 5. The van der Waals surface area contributed by atoms with Crippen molar-refractivity contribution in [1.82, 2.24) is 15.0 Å². The van der Waals surface area contributed by atoms with Gasteiger partial charge < -0.3 is 10.1 Å². The van der Waals surface area contributed by atoms with Crippen LogP contribution in [-0.4, -0.2) is 20.9 Å². The number of nitrogens with one attached hydrogen (secondary N) is 1. The van der Waals surface area contributed by atoms with Crippen molar-refractivity contribution >= 4 is 28.7 Å². The highest BCUT2D eigenvalue weighted by atomic mass is 16.5. The minimum Gasteiger partial charge on any atom is -0.489 e. The molecule has 0 bridgehead atoms. The predicted octanol–water partition coefficient (Wildman–Crippen LogP) is 4.26. The normalized spacial score (nSPS) is 10.9. The topological polar surface area (TPSA) is 77.0 Å². The van der Waals surface area contributed by atoms with Gasteiger partial charge >= 0.3 is 0 Å². The van der Waals surface area contributed by atoms with Crippen LogP contribution < -0.4 is 10.1 Å². The summed E-state index contributed by atoms with van der Waals surface area (Å²) in [5, 5.41) is 2.82. The van der Waals surface area contributed by atoms with E-state index in [-0.39, 0.29) is 5.91 Å². The molecule has 142 valence electrons. The number of anilines is 1. The second kappa shape index (κ2) is 8.75. The number of hydrogen-bond donors (Lipinski definition) is 1.